The summed E-state index contributed by atoms with van der Waals surface area (Å²) in [5, 5.41) is 11.5. The second-order valence-corrected chi connectivity index (χ2v) is 16.0. The summed E-state index contributed by atoms with van der Waals surface area (Å²) in [6.07, 6.45) is 4.85. The van der Waals surface area contributed by atoms with Gasteiger partial charge in [0, 0.05) is 73.2 Å². The molecule has 0 aliphatic heterocycles. The van der Waals surface area contributed by atoms with E-state index in [4.69, 9.17) is 18.9 Å². The Morgan fingerprint density at radius 2 is 0.726 bits per heavy atom. The van der Waals surface area contributed by atoms with Gasteiger partial charge in [0.05, 0.1) is 26.4 Å². The maximum atomic E-state index is 13.5. The third-order valence-corrected chi connectivity index (χ3v) is 10.3. The van der Waals surface area contributed by atoms with Crippen LogP contribution in [0.4, 0.5) is 11.4 Å². The van der Waals surface area contributed by atoms with Crippen LogP contribution in [0.3, 0.4) is 0 Å². The molecule has 0 heterocycles. The van der Waals surface area contributed by atoms with Crippen molar-refractivity contribution in [3.05, 3.63) is 105 Å². The van der Waals surface area contributed by atoms with Crippen LogP contribution in [0.25, 0.3) is 0 Å². The monoisotopic (exact) mass is 848 g/mol. The minimum absolute atomic E-state index is 0.294. The molecule has 5 rings (SSSR count). The largest absolute Gasteiger partial charge is 0.493 e. The van der Waals surface area contributed by atoms with Crippen molar-refractivity contribution in [3.8, 4) is 23.0 Å². The highest BCUT2D eigenvalue weighted by atomic mass is 16.5. The quantitative estimate of drug-likeness (QED) is 0.0686. The molecule has 0 fully saturated rings. The fourth-order valence-electron chi connectivity index (χ4n) is 7.63. The standard InChI is InChI=1S/C50H64N4O8/c1-9-19-59-45-35-15-13-16-36(45)24-40-28-44(54-50(58)32(6)52-34(8)56)30-42(48(40)62-22-12-4)26-38-18-14-17-37(46(38)60-20-10-2)25-41-29-43(53-49(57)31(5)51-33(7)55)27-39(23-35)47(41)61-21-11-3/h13-18,27-32H,9-12,19-26H2,1-8H3,(H,51,55)(H,52,56)(H,53,57)(H,54,58)/t31-,32-/m0/s1. The fourth-order valence-corrected chi connectivity index (χ4v) is 7.63. The van der Waals surface area contributed by atoms with Crippen LogP contribution in [0, 0.1) is 0 Å². The molecular formula is C50H64N4O8. The van der Waals surface area contributed by atoms with E-state index in [9.17, 15) is 19.2 Å². The Balaban J connectivity index is 1.81. The van der Waals surface area contributed by atoms with E-state index in [0.717, 1.165) is 93.2 Å². The van der Waals surface area contributed by atoms with Gasteiger partial charge in [-0.1, -0.05) is 64.1 Å². The molecular weight excluding hydrogens is 785 g/mol. The number of carbonyl (C=O) groups is 4. The van der Waals surface area contributed by atoms with Gasteiger partial charge in [-0.15, -0.1) is 0 Å². The summed E-state index contributed by atoms with van der Waals surface area (Å²) in [6.45, 7) is 16.3. The minimum Gasteiger partial charge on any atom is -0.493 e. The Morgan fingerprint density at radius 3 is 0.968 bits per heavy atom. The Kier molecular flexibility index (Phi) is 17.2. The number of anilines is 2. The zero-order chi connectivity index (χ0) is 44.8. The predicted molar refractivity (Wildman–Crippen MR) is 244 cm³/mol. The lowest BCUT2D eigenvalue weighted by atomic mass is 9.90. The van der Waals surface area contributed by atoms with Crippen LogP contribution < -0.4 is 40.2 Å². The lowest BCUT2D eigenvalue weighted by molar-refractivity contribution is -0.124. The van der Waals surface area contributed by atoms with Gasteiger partial charge in [-0.05, 0) is 86.1 Å². The second kappa shape index (κ2) is 22.7. The van der Waals surface area contributed by atoms with E-state index >= 15 is 0 Å². The third-order valence-electron chi connectivity index (χ3n) is 10.3. The topological polar surface area (TPSA) is 153 Å². The first-order chi connectivity index (χ1) is 29.8. The Morgan fingerprint density at radius 1 is 0.468 bits per heavy atom. The number of fused-ring (bicyclic) bond motifs is 8. The van der Waals surface area contributed by atoms with Crippen LogP contribution in [0.5, 0.6) is 23.0 Å². The van der Waals surface area contributed by atoms with Gasteiger partial charge in [-0.3, -0.25) is 19.2 Å². The molecule has 4 amide bonds. The summed E-state index contributed by atoms with van der Waals surface area (Å²) in [4.78, 5) is 50.7. The number of hydrogen-bond donors (Lipinski definition) is 4. The maximum absolute atomic E-state index is 13.5. The molecule has 1 aliphatic rings. The number of amides is 4. The Bertz CT molecular complexity index is 1970. The fraction of sp³-hybridized carbons (Fsp3) is 0.440. The summed E-state index contributed by atoms with van der Waals surface area (Å²) >= 11 is 0. The van der Waals surface area contributed by atoms with E-state index < -0.39 is 12.1 Å². The number of para-hydroxylation sites is 2. The minimum atomic E-state index is -0.754. The van der Waals surface area contributed by atoms with E-state index in [2.05, 4.69) is 73.2 Å². The molecule has 12 heteroatoms. The van der Waals surface area contributed by atoms with Crippen LogP contribution in [0.2, 0.25) is 0 Å². The predicted octanol–water partition coefficient (Wildman–Crippen LogP) is 8.44. The van der Waals surface area contributed by atoms with E-state index in [-0.39, 0.29) is 23.6 Å². The number of hydrogen-bond acceptors (Lipinski definition) is 8. The molecule has 4 N–H and O–H groups in total. The highest BCUT2D eigenvalue weighted by Gasteiger charge is 2.25. The average Bonchev–Trinajstić information content (AvgIpc) is 3.22. The van der Waals surface area contributed by atoms with E-state index in [0.29, 0.717) is 63.5 Å². The van der Waals surface area contributed by atoms with Crippen molar-refractivity contribution in [1.29, 1.82) is 0 Å². The molecule has 4 aromatic rings. The lowest BCUT2D eigenvalue weighted by Gasteiger charge is -2.24. The first-order valence-electron chi connectivity index (χ1n) is 22.1. The summed E-state index contributed by atoms with van der Waals surface area (Å²) in [5.41, 5.74) is 8.36. The molecule has 2 atom stereocenters. The molecule has 0 radical (unpaired) electrons. The summed E-state index contributed by atoms with van der Waals surface area (Å²) < 4.78 is 26.6. The van der Waals surface area contributed by atoms with Crippen molar-refractivity contribution in [2.24, 2.45) is 0 Å². The Hall–Kier alpha value is -6.04. The van der Waals surface area contributed by atoms with Gasteiger partial charge in [-0.25, -0.2) is 0 Å². The molecule has 0 saturated heterocycles. The van der Waals surface area contributed by atoms with Crippen molar-refractivity contribution in [1.82, 2.24) is 10.6 Å². The third kappa shape index (κ3) is 12.5. The molecule has 0 aromatic heterocycles. The summed E-state index contributed by atoms with van der Waals surface area (Å²) in [5.74, 6) is 1.69. The van der Waals surface area contributed by atoms with Crippen LogP contribution in [-0.4, -0.2) is 62.1 Å². The number of benzene rings is 4. The van der Waals surface area contributed by atoms with Gasteiger partial charge in [0.25, 0.3) is 0 Å². The Labute approximate surface area is 366 Å². The number of ether oxygens (including phenoxy) is 4. The molecule has 0 saturated carbocycles. The molecule has 332 valence electrons. The van der Waals surface area contributed by atoms with Gasteiger partial charge in [0.2, 0.25) is 23.6 Å². The van der Waals surface area contributed by atoms with Crippen LogP contribution in [0.1, 0.15) is 126 Å². The van der Waals surface area contributed by atoms with Crippen LogP contribution in [-0.2, 0) is 44.9 Å². The molecule has 1 aliphatic carbocycles. The van der Waals surface area contributed by atoms with Gasteiger partial charge in [0.1, 0.15) is 35.1 Å². The average molecular weight is 849 g/mol. The van der Waals surface area contributed by atoms with E-state index in [1.54, 1.807) is 13.8 Å². The highest BCUT2D eigenvalue weighted by Crippen LogP contribution is 2.41. The van der Waals surface area contributed by atoms with Crippen molar-refractivity contribution in [2.45, 2.75) is 119 Å². The van der Waals surface area contributed by atoms with E-state index in [1.807, 2.05) is 36.4 Å². The summed E-state index contributed by atoms with van der Waals surface area (Å²) in [6, 6.07) is 18.6. The van der Waals surface area contributed by atoms with Gasteiger partial charge in [-0.2, -0.15) is 0 Å². The first-order valence-corrected chi connectivity index (χ1v) is 22.1. The molecule has 12 nitrogen and oxygen atoms in total. The molecule has 8 bridgehead atoms. The number of nitrogens with one attached hydrogen (secondary N) is 4. The SMILES string of the molecule is CCCOc1c2cccc1Cc1cc(NC(=O)[C@H](C)NC(C)=O)cc(c1OCCC)Cc1cccc(c1OCCC)Cc1cc(NC(=O)[C@H](C)NC(C)=O)cc(c1OCCC)C2. The smallest absolute Gasteiger partial charge is 0.246 e. The van der Waals surface area contributed by atoms with Crippen LogP contribution in [0.15, 0.2) is 60.7 Å². The van der Waals surface area contributed by atoms with Gasteiger partial charge < -0.3 is 40.2 Å². The maximum Gasteiger partial charge on any atom is 0.246 e. The lowest BCUT2D eigenvalue weighted by Crippen LogP contribution is -2.40. The number of rotatable bonds is 18. The van der Waals surface area contributed by atoms with Gasteiger partial charge in [0.15, 0.2) is 0 Å². The van der Waals surface area contributed by atoms with Crippen LogP contribution >= 0.6 is 0 Å². The normalized spacial score (nSPS) is 12.9. The zero-order valence-corrected chi connectivity index (χ0v) is 37.7. The molecule has 0 unspecified atom stereocenters. The molecule has 62 heavy (non-hydrogen) atoms. The first kappa shape index (κ1) is 47.0. The van der Waals surface area contributed by atoms with Gasteiger partial charge >= 0.3 is 0 Å². The molecule has 0 spiro atoms. The zero-order valence-electron chi connectivity index (χ0n) is 37.7. The van der Waals surface area contributed by atoms with Crippen molar-refractivity contribution >= 4 is 35.0 Å². The summed E-state index contributed by atoms with van der Waals surface area (Å²) in [7, 11) is 0. The second-order valence-electron chi connectivity index (χ2n) is 16.0. The molecule has 4 aromatic carbocycles. The number of carbonyl (C=O) groups excluding carboxylic acids is 4. The van der Waals surface area contributed by atoms with Crippen molar-refractivity contribution < 1.29 is 38.1 Å². The van der Waals surface area contributed by atoms with E-state index in [1.165, 1.54) is 13.8 Å². The highest BCUT2D eigenvalue weighted by molar-refractivity contribution is 5.97. The van der Waals surface area contributed by atoms with Crippen molar-refractivity contribution in [3.63, 3.8) is 0 Å². The van der Waals surface area contributed by atoms with Crippen molar-refractivity contribution in [2.75, 3.05) is 37.1 Å².